The van der Waals surface area contributed by atoms with Crippen molar-refractivity contribution in [3.8, 4) is 5.75 Å². The summed E-state index contributed by atoms with van der Waals surface area (Å²) in [4.78, 5) is 8.23. The quantitative estimate of drug-likeness (QED) is 0.386. The van der Waals surface area contributed by atoms with E-state index in [0.29, 0.717) is 45.2 Å². The largest absolute Gasteiger partial charge is 0.482 e. The number of aromatic nitrogens is 3. The van der Waals surface area contributed by atoms with Gasteiger partial charge in [0.1, 0.15) is 11.9 Å². The van der Waals surface area contributed by atoms with Crippen LogP contribution in [-0.4, -0.2) is 28.0 Å². The van der Waals surface area contributed by atoms with E-state index in [-0.39, 0.29) is 5.82 Å². The van der Waals surface area contributed by atoms with Crippen LogP contribution in [0.1, 0.15) is 36.6 Å². The third-order valence-electron chi connectivity index (χ3n) is 5.02. The predicted octanol–water partition coefficient (Wildman–Crippen LogP) is 5.19. The lowest BCUT2D eigenvalue weighted by Crippen LogP contribution is -2.13. The molecule has 3 rings (SSSR count). The average molecular weight is 536 g/mol. The van der Waals surface area contributed by atoms with Gasteiger partial charge in [0.05, 0.1) is 0 Å². The minimum absolute atomic E-state index is 0.230. The second-order valence-corrected chi connectivity index (χ2v) is 8.61. The molecule has 3 aromatic rings. The fourth-order valence-electron chi connectivity index (χ4n) is 3.36. The van der Waals surface area contributed by atoms with Crippen LogP contribution in [0.15, 0.2) is 51.7 Å². The van der Waals surface area contributed by atoms with E-state index in [0.717, 1.165) is 11.1 Å². The van der Waals surface area contributed by atoms with Gasteiger partial charge in [-0.1, -0.05) is 11.6 Å². The number of nitrogens with zero attached hydrogens (tertiary/aromatic N) is 4. The Labute approximate surface area is 205 Å². The van der Waals surface area contributed by atoms with Gasteiger partial charge < -0.3 is 16.2 Å². The number of nitrogens with two attached hydrogens (primary N) is 2. The van der Waals surface area contributed by atoms with E-state index in [1.807, 2.05) is 13.1 Å². The second kappa shape index (κ2) is 10.8. The van der Waals surface area contributed by atoms with Crippen molar-refractivity contribution in [1.29, 1.82) is 0 Å². The summed E-state index contributed by atoms with van der Waals surface area (Å²) in [5, 5.41) is 4.68. The van der Waals surface area contributed by atoms with Crippen molar-refractivity contribution in [1.82, 2.24) is 14.8 Å². The molecule has 0 aliphatic rings. The summed E-state index contributed by atoms with van der Waals surface area (Å²) in [6.45, 7) is 4.47. The Balaban J connectivity index is 2.03. The molecule has 4 N–H and O–H groups in total. The highest BCUT2D eigenvalue weighted by Crippen LogP contribution is 2.32. The lowest BCUT2D eigenvalue weighted by molar-refractivity contribution is 0.226. The summed E-state index contributed by atoms with van der Waals surface area (Å²) in [5.41, 5.74) is 15.7. The van der Waals surface area contributed by atoms with E-state index in [1.165, 1.54) is 12.1 Å². The van der Waals surface area contributed by atoms with Gasteiger partial charge in [0.25, 0.3) is 0 Å². The van der Waals surface area contributed by atoms with Crippen molar-refractivity contribution in [2.75, 3.05) is 12.8 Å². The monoisotopic (exact) mass is 534 g/mol. The number of allylic oxidation sites excluding steroid dienone is 1. The number of hydrogen-bond donors (Lipinski definition) is 2. The molecule has 0 amide bonds. The molecule has 0 radical (unpaired) electrons. The maximum absolute atomic E-state index is 14.2. The van der Waals surface area contributed by atoms with Crippen molar-refractivity contribution in [3.05, 3.63) is 74.4 Å². The predicted molar refractivity (Wildman–Crippen MR) is 134 cm³/mol. The van der Waals surface area contributed by atoms with Crippen molar-refractivity contribution < 1.29 is 9.13 Å². The molecule has 0 aliphatic carbocycles. The zero-order valence-electron chi connectivity index (χ0n) is 18.5. The summed E-state index contributed by atoms with van der Waals surface area (Å²) in [6.07, 6.45) is 4.96. The molecule has 0 fully saturated rings. The first-order chi connectivity index (χ1) is 15.7. The maximum atomic E-state index is 14.2. The maximum Gasteiger partial charge on any atom is 0.166 e. The van der Waals surface area contributed by atoms with Crippen LogP contribution in [-0.2, 0) is 13.0 Å². The van der Waals surface area contributed by atoms with Crippen LogP contribution in [0.4, 0.5) is 10.2 Å². The van der Waals surface area contributed by atoms with Crippen LogP contribution in [0.2, 0.25) is 5.15 Å². The van der Waals surface area contributed by atoms with Crippen molar-refractivity contribution in [2.45, 2.75) is 32.9 Å². The molecule has 0 spiro atoms. The van der Waals surface area contributed by atoms with Crippen molar-refractivity contribution in [2.24, 2.45) is 10.7 Å². The van der Waals surface area contributed by atoms with E-state index in [2.05, 4.69) is 31.0 Å². The normalized spacial score (nSPS) is 13.3. The van der Waals surface area contributed by atoms with Crippen molar-refractivity contribution in [3.63, 3.8) is 0 Å². The van der Waals surface area contributed by atoms with Gasteiger partial charge in [-0.15, -0.1) is 0 Å². The number of aliphatic imine (C=N–C) groups is 1. The number of benzene rings is 1. The second-order valence-electron chi connectivity index (χ2n) is 7.33. The highest BCUT2D eigenvalue weighted by atomic mass is 79.9. The fourth-order valence-corrected chi connectivity index (χ4v) is 3.88. The summed E-state index contributed by atoms with van der Waals surface area (Å²) in [7, 11) is 1.66. The summed E-state index contributed by atoms with van der Waals surface area (Å²) in [5.74, 6) is 0.201. The van der Waals surface area contributed by atoms with E-state index < -0.39 is 11.9 Å². The number of rotatable bonds is 8. The molecule has 7 nitrogen and oxygen atoms in total. The Morgan fingerprint density at radius 1 is 1.39 bits per heavy atom. The molecule has 2 aromatic heterocycles. The van der Waals surface area contributed by atoms with Gasteiger partial charge in [-0.05, 0) is 59.6 Å². The van der Waals surface area contributed by atoms with E-state index in [4.69, 9.17) is 27.8 Å². The van der Waals surface area contributed by atoms with Gasteiger partial charge in [0, 0.05) is 65.5 Å². The first-order valence-electron chi connectivity index (χ1n) is 10.2. The zero-order chi connectivity index (χ0) is 24.1. The van der Waals surface area contributed by atoms with E-state index >= 15 is 0 Å². The number of aryl methyl sites for hydroxylation is 1. The molecule has 174 valence electrons. The van der Waals surface area contributed by atoms with Crippen LogP contribution >= 0.6 is 27.5 Å². The number of halogens is 3. The highest BCUT2D eigenvalue weighted by Gasteiger charge is 2.19. The number of ether oxygens (including phenoxy) is 1. The summed E-state index contributed by atoms with van der Waals surface area (Å²) < 4.78 is 22.7. The zero-order valence-corrected chi connectivity index (χ0v) is 20.9. The molecular weight excluding hydrogens is 511 g/mol. The number of pyridine rings is 1. The fraction of sp³-hybridized carbons (Fsp3) is 0.261. The van der Waals surface area contributed by atoms with Crippen LogP contribution in [0, 0.1) is 5.82 Å². The first kappa shape index (κ1) is 24.7. The van der Waals surface area contributed by atoms with Crippen LogP contribution in [0.25, 0.3) is 5.70 Å². The van der Waals surface area contributed by atoms with Gasteiger partial charge >= 0.3 is 0 Å². The Morgan fingerprint density at radius 2 is 2.15 bits per heavy atom. The molecule has 2 heterocycles. The van der Waals surface area contributed by atoms with Gasteiger partial charge in [-0.2, -0.15) is 5.10 Å². The average Bonchev–Trinajstić information content (AvgIpc) is 3.14. The molecule has 0 aliphatic heterocycles. The first-order valence-corrected chi connectivity index (χ1v) is 11.4. The third-order valence-corrected chi connectivity index (χ3v) is 5.77. The SMILES string of the molecule is CCn1cc(C/C(C=NC)=C(/N)c2ccc(F)cc2[C@@H](C)Oc2cc(Br)cnc2N)c(Cl)n1. The molecular formula is C23H25BrClFN6O. The van der Waals surface area contributed by atoms with E-state index in [1.54, 1.807) is 43.2 Å². The Hall–Kier alpha value is -2.91. The molecule has 33 heavy (non-hydrogen) atoms. The highest BCUT2D eigenvalue weighted by molar-refractivity contribution is 9.10. The van der Waals surface area contributed by atoms with Gasteiger partial charge in [0.15, 0.2) is 16.7 Å². The van der Waals surface area contributed by atoms with Gasteiger partial charge in [-0.25, -0.2) is 9.37 Å². The molecule has 10 heteroatoms. The van der Waals surface area contributed by atoms with Gasteiger partial charge in [0.2, 0.25) is 0 Å². The minimum atomic E-state index is -0.570. The molecule has 0 bridgehead atoms. The number of anilines is 1. The van der Waals surface area contributed by atoms with Gasteiger partial charge in [-0.3, -0.25) is 9.67 Å². The smallest absolute Gasteiger partial charge is 0.166 e. The molecule has 0 unspecified atom stereocenters. The molecule has 1 atom stereocenters. The summed E-state index contributed by atoms with van der Waals surface area (Å²) in [6, 6.07) is 6.09. The minimum Gasteiger partial charge on any atom is -0.482 e. The number of nitrogen functional groups attached to an aromatic ring is 1. The molecule has 0 saturated carbocycles. The van der Waals surface area contributed by atoms with Crippen LogP contribution in [0.3, 0.4) is 0 Å². The number of hydrogen-bond acceptors (Lipinski definition) is 6. The third kappa shape index (κ3) is 5.91. The topological polar surface area (TPSA) is 104 Å². The van der Waals surface area contributed by atoms with Crippen LogP contribution in [0.5, 0.6) is 5.75 Å². The van der Waals surface area contributed by atoms with E-state index in [9.17, 15) is 4.39 Å². The Bertz CT molecular complexity index is 1210. The lowest BCUT2D eigenvalue weighted by Gasteiger charge is -2.20. The van der Waals surface area contributed by atoms with Crippen LogP contribution < -0.4 is 16.2 Å². The standard InChI is InChI=1S/C23H25BrClFN6O/c1-4-32-12-15(22(25)31-32)7-14(10-29-3)21(27)18-6-5-17(26)9-19(18)13(2)33-20-8-16(24)11-30-23(20)28/h5-6,8-13H,4,7,27H2,1-3H3,(H2,28,30)/b21-14-,29-10?/t13-/m1/s1. The molecule has 1 aromatic carbocycles. The Kier molecular flexibility index (Phi) is 8.10. The lowest BCUT2D eigenvalue weighted by atomic mass is 9.96. The summed E-state index contributed by atoms with van der Waals surface area (Å²) >= 11 is 9.66. The van der Waals surface area contributed by atoms with Crippen molar-refractivity contribution >= 4 is 45.3 Å². The molecule has 0 saturated heterocycles. The Morgan fingerprint density at radius 3 is 2.82 bits per heavy atom.